The van der Waals surface area contributed by atoms with Crippen LogP contribution in [0.2, 0.25) is 0 Å². The molecule has 0 amide bonds. The van der Waals surface area contributed by atoms with Crippen LogP contribution in [0.3, 0.4) is 0 Å². The predicted molar refractivity (Wildman–Crippen MR) is 90.4 cm³/mol. The summed E-state index contributed by atoms with van der Waals surface area (Å²) in [5.41, 5.74) is 1.45. The lowest BCUT2D eigenvalue weighted by Crippen LogP contribution is -2.55. The summed E-state index contributed by atoms with van der Waals surface area (Å²) in [7, 11) is 0. The van der Waals surface area contributed by atoms with Gasteiger partial charge in [0.15, 0.2) is 0 Å². The zero-order chi connectivity index (χ0) is 14.4. The summed E-state index contributed by atoms with van der Waals surface area (Å²) in [4.78, 5) is 2.71. The lowest BCUT2D eigenvalue weighted by molar-refractivity contribution is 0.0957. The molecule has 0 bridgehead atoms. The van der Waals surface area contributed by atoms with Gasteiger partial charge in [-0.25, -0.2) is 0 Å². The minimum absolute atomic E-state index is 0.520. The Balaban J connectivity index is 2.12. The summed E-state index contributed by atoms with van der Waals surface area (Å²) >= 11 is 1.95. The van der Waals surface area contributed by atoms with Crippen LogP contribution in [-0.2, 0) is 0 Å². The van der Waals surface area contributed by atoms with E-state index in [1.165, 1.54) is 30.7 Å². The minimum atomic E-state index is 0.520. The van der Waals surface area contributed by atoms with Gasteiger partial charge in [-0.15, -0.1) is 0 Å². The molecule has 0 spiro atoms. The van der Waals surface area contributed by atoms with Gasteiger partial charge in [0.05, 0.1) is 0 Å². The zero-order valence-electron chi connectivity index (χ0n) is 13.0. The van der Waals surface area contributed by atoms with E-state index in [4.69, 9.17) is 0 Å². The van der Waals surface area contributed by atoms with Crippen molar-refractivity contribution in [3.8, 4) is 0 Å². The molecular formula is C17H28N2S. The average Bonchev–Trinajstić information content (AvgIpc) is 2.49. The van der Waals surface area contributed by atoms with Crippen molar-refractivity contribution < 1.29 is 0 Å². The van der Waals surface area contributed by atoms with Crippen molar-refractivity contribution in [1.82, 2.24) is 10.2 Å². The Morgan fingerprint density at radius 2 is 2.10 bits per heavy atom. The van der Waals surface area contributed by atoms with Crippen LogP contribution in [0.5, 0.6) is 0 Å². The Morgan fingerprint density at radius 1 is 1.35 bits per heavy atom. The molecule has 0 aromatic heterocycles. The summed E-state index contributed by atoms with van der Waals surface area (Å²) in [5.74, 6) is 1.21. The van der Waals surface area contributed by atoms with Crippen molar-refractivity contribution in [1.29, 1.82) is 0 Å². The highest BCUT2D eigenvalue weighted by Gasteiger charge is 2.31. The topological polar surface area (TPSA) is 15.3 Å². The molecular weight excluding hydrogens is 264 g/mol. The Kier molecular flexibility index (Phi) is 6.40. The van der Waals surface area contributed by atoms with Crippen molar-refractivity contribution in [2.24, 2.45) is 0 Å². The molecule has 1 aliphatic rings. The van der Waals surface area contributed by atoms with E-state index in [0.29, 0.717) is 18.1 Å². The van der Waals surface area contributed by atoms with E-state index in [-0.39, 0.29) is 0 Å². The Morgan fingerprint density at radius 3 is 2.75 bits per heavy atom. The number of hydrogen-bond donors (Lipinski definition) is 1. The SMILES string of the molecule is CCCC1CN(C(C)CSC)C(c2ccccc2)CN1. The molecule has 1 fully saturated rings. The van der Waals surface area contributed by atoms with Gasteiger partial charge in [0.25, 0.3) is 0 Å². The first-order valence-electron chi connectivity index (χ1n) is 7.79. The van der Waals surface area contributed by atoms with E-state index in [1.807, 2.05) is 11.8 Å². The molecule has 0 aliphatic carbocycles. The minimum Gasteiger partial charge on any atom is -0.311 e. The van der Waals surface area contributed by atoms with Crippen LogP contribution in [0, 0.1) is 0 Å². The van der Waals surface area contributed by atoms with Crippen LogP contribution in [0.4, 0.5) is 0 Å². The van der Waals surface area contributed by atoms with Crippen LogP contribution in [0.25, 0.3) is 0 Å². The molecule has 0 saturated carbocycles. The second kappa shape index (κ2) is 8.06. The maximum Gasteiger partial charge on any atom is 0.0476 e. The van der Waals surface area contributed by atoms with Gasteiger partial charge in [-0.3, -0.25) is 4.90 Å². The van der Waals surface area contributed by atoms with Crippen molar-refractivity contribution >= 4 is 11.8 Å². The smallest absolute Gasteiger partial charge is 0.0476 e. The molecule has 2 rings (SSSR count). The monoisotopic (exact) mass is 292 g/mol. The average molecular weight is 292 g/mol. The molecule has 1 aromatic carbocycles. The second-order valence-corrected chi connectivity index (χ2v) is 6.73. The standard InChI is InChI=1S/C17H28N2S/c1-4-8-16-12-19(14(2)13-20-3)17(11-18-16)15-9-6-5-7-10-15/h5-7,9-10,14,16-18H,4,8,11-13H2,1-3H3. The molecule has 1 aromatic rings. The maximum absolute atomic E-state index is 3.75. The lowest BCUT2D eigenvalue weighted by Gasteiger charge is -2.44. The number of thioether (sulfide) groups is 1. The molecule has 112 valence electrons. The number of nitrogens with zero attached hydrogens (tertiary/aromatic N) is 1. The van der Waals surface area contributed by atoms with E-state index < -0.39 is 0 Å². The third kappa shape index (κ3) is 4.00. The molecule has 0 radical (unpaired) electrons. The van der Waals surface area contributed by atoms with Gasteiger partial charge in [-0.05, 0) is 25.2 Å². The fraction of sp³-hybridized carbons (Fsp3) is 0.647. The van der Waals surface area contributed by atoms with Crippen molar-refractivity contribution in [2.75, 3.05) is 25.1 Å². The quantitative estimate of drug-likeness (QED) is 0.863. The fourth-order valence-electron chi connectivity index (χ4n) is 3.19. The number of nitrogens with one attached hydrogen (secondary N) is 1. The van der Waals surface area contributed by atoms with Gasteiger partial charge in [-0.1, -0.05) is 43.7 Å². The molecule has 1 N–H and O–H groups in total. The van der Waals surface area contributed by atoms with E-state index in [1.54, 1.807) is 0 Å². The first kappa shape index (κ1) is 15.9. The van der Waals surface area contributed by atoms with E-state index in [2.05, 4.69) is 60.7 Å². The number of piperazine rings is 1. The third-order valence-electron chi connectivity index (χ3n) is 4.23. The largest absolute Gasteiger partial charge is 0.311 e. The van der Waals surface area contributed by atoms with Crippen LogP contribution in [-0.4, -0.2) is 42.1 Å². The van der Waals surface area contributed by atoms with E-state index in [0.717, 1.165) is 6.54 Å². The first-order chi connectivity index (χ1) is 9.76. The van der Waals surface area contributed by atoms with Gasteiger partial charge in [0.1, 0.15) is 0 Å². The molecule has 3 heteroatoms. The summed E-state index contributed by atoms with van der Waals surface area (Å²) in [6.07, 6.45) is 4.75. The lowest BCUT2D eigenvalue weighted by atomic mass is 9.98. The molecule has 3 unspecified atom stereocenters. The van der Waals surface area contributed by atoms with E-state index >= 15 is 0 Å². The maximum atomic E-state index is 3.75. The van der Waals surface area contributed by atoms with E-state index in [9.17, 15) is 0 Å². The van der Waals surface area contributed by atoms with Crippen molar-refractivity contribution in [3.63, 3.8) is 0 Å². The highest BCUT2D eigenvalue weighted by Crippen LogP contribution is 2.27. The first-order valence-corrected chi connectivity index (χ1v) is 9.18. The molecule has 3 atom stereocenters. The van der Waals surface area contributed by atoms with Crippen molar-refractivity contribution in [3.05, 3.63) is 35.9 Å². The number of rotatable bonds is 6. The normalized spacial score (nSPS) is 25.6. The van der Waals surface area contributed by atoms with Gasteiger partial charge in [0, 0.05) is 37.0 Å². The summed E-state index contributed by atoms with van der Waals surface area (Å²) in [6, 6.07) is 12.8. The highest BCUT2D eigenvalue weighted by atomic mass is 32.2. The highest BCUT2D eigenvalue weighted by molar-refractivity contribution is 7.98. The fourth-order valence-corrected chi connectivity index (χ4v) is 3.87. The zero-order valence-corrected chi connectivity index (χ0v) is 13.8. The van der Waals surface area contributed by atoms with Crippen LogP contribution < -0.4 is 5.32 Å². The Hall–Kier alpha value is -0.510. The molecule has 20 heavy (non-hydrogen) atoms. The van der Waals surface area contributed by atoms with Gasteiger partial charge in [0.2, 0.25) is 0 Å². The van der Waals surface area contributed by atoms with Crippen LogP contribution >= 0.6 is 11.8 Å². The summed E-state index contributed by atoms with van der Waals surface area (Å²) in [5, 5.41) is 3.75. The molecule has 1 saturated heterocycles. The summed E-state index contributed by atoms with van der Waals surface area (Å²) < 4.78 is 0. The number of hydrogen-bond acceptors (Lipinski definition) is 3. The predicted octanol–water partition coefficient (Wildman–Crippen LogP) is 3.55. The number of benzene rings is 1. The second-order valence-electron chi connectivity index (χ2n) is 5.82. The third-order valence-corrected chi connectivity index (χ3v) is 5.04. The molecule has 2 nitrogen and oxygen atoms in total. The van der Waals surface area contributed by atoms with Crippen LogP contribution in [0.15, 0.2) is 30.3 Å². The Labute approximate surface area is 128 Å². The van der Waals surface area contributed by atoms with Gasteiger partial charge < -0.3 is 5.32 Å². The molecule has 1 aliphatic heterocycles. The van der Waals surface area contributed by atoms with Crippen LogP contribution in [0.1, 0.15) is 38.3 Å². The van der Waals surface area contributed by atoms with Gasteiger partial charge >= 0.3 is 0 Å². The Bertz CT molecular complexity index is 382. The molecule has 1 heterocycles. The van der Waals surface area contributed by atoms with Crippen molar-refractivity contribution in [2.45, 2.75) is 44.8 Å². The van der Waals surface area contributed by atoms with Gasteiger partial charge in [-0.2, -0.15) is 11.8 Å². The summed E-state index contributed by atoms with van der Waals surface area (Å²) in [6.45, 7) is 6.91.